The van der Waals surface area contributed by atoms with Gasteiger partial charge in [-0.3, -0.25) is 4.79 Å². The first-order valence-corrected chi connectivity index (χ1v) is 6.37. The number of benzene rings is 2. The summed E-state index contributed by atoms with van der Waals surface area (Å²) in [6.45, 7) is 0. The Bertz CT molecular complexity index is 837. The van der Waals surface area contributed by atoms with Crippen molar-refractivity contribution in [1.82, 2.24) is 0 Å². The molecule has 4 heteroatoms. The van der Waals surface area contributed by atoms with Crippen LogP contribution in [0.3, 0.4) is 0 Å². The van der Waals surface area contributed by atoms with Crippen LogP contribution >= 0.6 is 0 Å². The van der Waals surface area contributed by atoms with E-state index in [1.165, 1.54) is 0 Å². The maximum absolute atomic E-state index is 12.4. The van der Waals surface area contributed by atoms with E-state index in [2.05, 4.69) is 5.32 Å². The average Bonchev–Trinajstić information content (AvgIpc) is 3.03. The Morgan fingerprint density at radius 3 is 2.85 bits per heavy atom. The Kier molecular flexibility index (Phi) is 2.09. The van der Waals surface area contributed by atoms with Crippen LogP contribution in [0.15, 0.2) is 59.2 Å². The number of furan rings is 1. The summed E-state index contributed by atoms with van der Waals surface area (Å²) in [6.07, 6.45) is 1.63. The van der Waals surface area contributed by atoms with Crippen molar-refractivity contribution in [2.45, 2.75) is 5.54 Å². The number of hydrogen-bond donors (Lipinski definition) is 2. The minimum atomic E-state index is -1.15. The number of rotatable bonds is 1. The van der Waals surface area contributed by atoms with Crippen LogP contribution in [-0.4, -0.2) is 5.91 Å². The van der Waals surface area contributed by atoms with E-state index in [-0.39, 0.29) is 5.91 Å². The first kappa shape index (κ1) is 11.3. The molecule has 2 aromatic carbocycles. The van der Waals surface area contributed by atoms with Gasteiger partial charge in [-0.05, 0) is 29.8 Å². The molecule has 0 radical (unpaired) electrons. The fraction of sp³-hybridized carbons (Fsp3) is 0.0625. The summed E-state index contributed by atoms with van der Waals surface area (Å²) in [6, 6.07) is 15.0. The lowest BCUT2D eigenvalue weighted by Gasteiger charge is -2.22. The van der Waals surface area contributed by atoms with Crippen LogP contribution in [0.1, 0.15) is 11.1 Å². The topological polar surface area (TPSA) is 68.3 Å². The lowest BCUT2D eigenvalue weighted by atomic mass is 9.84. The highest BCUT2D eigenvalue weighted by Crippen LogP contribution is 2.39. The highest BCUT2D eigenvalue weighted by atomic mass is 16.3. The number of fused-ring (bicyclic) bond motifs is 2. The molecule has 20 heavy (non-hydrogen) atoms. The van der Waals surface area contributed by atoms with Gasteiger partial charge >= 0.3 is 0 Å². The van der Waals surface area contributed by atoms with Crippen molar-refractivity contribution in [2.75, 3.05) is 5.32 Å². The molecule has 1 aliphatic rings. The maximum Gasteiger partial charge on any atom is 0.253 e. The molecule has 3 N–H and O–H groups in total. The van der Waals surface area contributed by atoms with E-state index >= 15 is 0 Å². The van der Waals surface area contributed by atoms with Crippen molar-refractivity contribution in [2.24, 2.45) is 5.73 Å². The molecule has 0 saturated heterocycles. The van der Waals surface area contributed by atoms with Crippen LogP contribution in [0.4, 0.5) is 5.69 Å². The van der Waals surface area contributed by atoms with Crippen LogP contribution in [0.2, 0.25) is 0 Å². The normalized spacial score (nSPS) is 20.9. The van der Waals surface area contributed by atoms with E-state index in [4.69, 9.17) is 10.2 Å². The van der Waals surface area contributed by atoms with E-state index < -0.39 is 5.54 Å². The van der Waals surface area contributed by atoms with Gasteiger partial charge in [-0.25, -0.2) is 0 Å². The molecule has 98 valence electrons. The molecule has 4 nitrogen and oxygen atoms in total. The van der Waals surface area contributed by atoms with Gasteiger partial charge in [-0.1, -0.05) is 24.3 Å². The Hall–Kier alpha value is -2.59. The first-order valence-electron chi connectivity index (χ1n) is 6.37. The molecule has 3 aromatic rings. The minimum absolute atomic E-state index is 0.207. The van der Waals surface area contributed by atoms with Crippen molar-refractivity contribution < 1.29 is 9.21 Å². The quantitative estimate of drug-likeness (QED) is 0.709. The predicted octanol–water partition coefficient (Wildman–Crippen LogP) is 2.59. The van der Waals surface area contributed by atoms with Gasteiger partial charge in [0.2, 0.25) is 0 Å². The monoisotopic (exact) mass is 264 g/mol. The molecular formula is C16H12N2O2. The van der Waals surface area contributed by atoms with Crippen LogP contribution in [-0.2, 0) is 10.3 Å². The van der Waals surface area contributed by atoms with Crippen molar-refractivity contribution in [3.63, 3.8) is 0 Å². The molecule has 0 aliphatic carbocycles. The second kappa shape index (κ2) is 3.71. The van der Waals surface area contributed by atoms with E-state index in [1.54, 1.807) is 6.26 Å². The second-order valence-electron chi connectivity index (χ2n) is 4.98. The number of nitrogens with two attached hydrogens (primary N) is 1. The Morgan fingerprint density at radius 1 is 1.10 bits per heavy atom. The van der Waals surface area contributed by atoms with E-state index in [0.29, 0.717) is 0 Å². The van der Waals surface area contributed by atoms with Crippen LogP contribution in [0.25, 0.3) is 11.0 Å². The Morgan fingerprint density at radius 2 is 1.95 bits per heavy atom. The number of carbonyl (C=O) groups excluding carboxylic acids is 1. The summed E-state index contributed by atoms with van der Waals surface area (Å²) in [7, 11) is 0. The Labute approximate surface area is 115 Å². The van der Waals surface area contributed by atoms with Crippen LogP contribution in [0.5, 0.6) is 0 Å². The molecule has 0 spiro atoms. The van der Waals surface area contributed by atoms with Gasteiger partial charge in [0.1, 0.15) is 11.1 Å². The highest BCUT2D eigenvalue weighted by Gasteiger charge is 2.44. The van der Waals surface area contributed by atoms with Crippen molar-refractivity contribution >= 4 is 22.6 Å². The fourth-order valence-corrected chi connectivity index (χ4v) is 2.78. The van der Waals surface area contributed by atoms with E-state index in [9.17, 15) is 4.79 Å². The largest absolute Gasteiger partial charge is 0.464 e. The molecule has 1 amide bonds. The van der Waals surface area contributed by atoms with Crippen molar-refractivity contribution in [3.8, 4) is 0 Å². The SMILES string of the molecule is NC1(c2ccc3occc3c2)C(=O)Nc2ccccc21. The summed E-state index contributed by atoms with van der Waals surface area (Å²) in [5.74, 6) is -0.207. The number of anilines is 1. The maximum atomic E-state index is 12.4. The third kappa shape index (κ3) is 1.31. The summed E-state index contributed by atoms with van der Waals surface area (Å²) < 4.78 is 5.32. The van der Waals surface area contributed by atoms with Gasteiger partial charge in [0.05, 0.1) is 6.26 Å². The van der Waals surface area contributed by atoms with Gasteiger partial charge in [-0.2, -0.15) is 0 Å². The summed E-state index contributed by atoms with van der Waals surface area (Å²) in [4.78, 5) is 12.4. The standard InChI is InChI=1S/C16H12N2O2/c17-16(11-5-6-14-10(9-11)7-8-20-14)12-3-1-2-4-13(12)18-15(16)19/h1-9H,17H2,(H,18,19). The summed E-state index contributed by atoms with van der Waals surface area (Å²) in [5.41, 5.74) is 8.41. The molecule has 0 saturated carbocycles. The van der Waals surface area contributed by atoms with Crippen LogP contribution < -0.4 is 11.1 Å². The predicted molar refractivity (Wildman–Crippen MR) is 76.3 cm³/mol. The first-order chi connectivity index (χ1) is 9.69. The minimum Gasteiger partial charge on any atom is -0.464 e. The number of carbonyl (C=O) groups is 1. The van der Waals surface area contributed by atoms with Gasteiger partial charge < -0.3 is 15.5 Å². The van der Waals surface area contributed by atoms with Gasteiger partial charge in [0.25, 0.3) is 5.91 Å². The third-order valence-electron chi connectivity index (χ3n) is 3.87. The van der Waals surface area contributed by atoms with Gasteiger partial charge in [-0.15, -0.1) is 0 Å². The van der Waals surface area contributed by atoms with E-state index in [1.807, 2.05) is 48.5 Å². The molecule has 1 atom stereocenters. The summed E-state index contributed by atoms with van der Waals surface area (Å²) in [5, 5.41) is 3.78. The number of para-hydroxylation sites is 1. The lowest BCUT2D eigenvalue weighted by Crippen LogP contribution is -2.44. The molecule has 1 aromatic heterocycles. The molecule has 1 unspecified atom stereocenters. The van der Waals surface area contributed by atoms with Gasteiger partial charge in [0.15, 0.2) is 0 Å². The zero-order valence-electron chi connectivity index (χ0n) is 10.6. The molecule has 0 fully saturated rings. The molecule has 1 aliphatic heterocycles. The van der Waals surface area contributed by atoms with Gasteiger partial charge in [0, 0.05) is 16.6 Å². The number of amides is 1. The molecular weight excluding hydrogens is 252 g/mol. The third-order valence-corrected chi connectivity index (χ3v) is 3.87. The summed E-state index contributed by atoms with van der Waals surface area (Å²) >= 11 is 0. The smallest absolute Gasteiger partial charge is 0.253 e. The fourth-order valence-electron chi connectivity index (χ4n) is 2.78. The average molecular weight is 264 g/mol. The number of hydrogen-bond acceptors (Lipinski definition) is 3. The highest BCUT2D eigenvalue weighted by molar-refractivity contribution is 6.08. The zero-order valence-corrected chi connectivity index (χ0v) is 10.6. The second-order valence-corrected chi connectivity index (χ2v) is 4.98. The van der Waals surface area contributed by atoms with E-state index in [0.717, 1.165) is 27.8 Å². The Balaban J connectivity index is 1.97. The zero-order chi connectivity index (χ0) is 13.7. The van der Waals surface area contributed by atoms with Crippen LogP contribution in [0, 0.1) is 0 Å². The lowest BCUT2D eigenvalue weighted by molar-refractivity contribution is -0.119. The van der Waals surface area contributed by atoms with Crippen molar-refractivity contribution in [1.29, 1.82) is 0 Å². The molecule has 4 rings (SSSR count). The molecule has 0 bridgehead atoms. The number of nitrogens with one attached hydrogen (secondary N) is 1. The van der Waals surface area contributed by atoms with Crippen molar-refractivity contribution in [3.05, 3.63) is 65.9 Å². The molecule has 2 heterocycles.